The van der Waals surface area contributed by atoms with Crippen LogP contribution in [-0.4, -0.2) is 33.2 Å². The average molecular weight is 603 g/mol. The molecule has 1 aliphatic heterocycles. The lowest BCUT2D eigenvalue weighted by atomic mass is 9.39. The number of carbonyl (C=O) groups excluding carboxylic acids is 3. The molecule has 1 aromatic carbocycles. The standard InChI is InChI=1S/C38H50O6/c1-22(2)11-14-26-20-37-21-27(15-12-23(3)4)36(9,10)44-33(37)30(31(41)25-13-16-28(39)29(40)19-25)32(42)38(34(37)43,35(26,7)8)18-17-24(5)6/h11,13,16-17,19,26-27,39-40H,3,12,14-15,18,20-21H2,1-2,4-10H3/t26-,27-,37+,38-/m0/s1. The first-order chi connectivity index (χ1) is 20.3. The summed E-state index contributed by atoms with van der Waals surface area (Å²) in [6.07, 6.45) is 7.55. The van der Waals surface area contributed by atoms with Crippen molar-refractivity contribution in [1.82, 2.24) is 0 Å². The second-order valence-electron chi connectivity index (χ2n) is 15.1. The Kier molecular flexibility index (Phi) is 8.75. The van der Waals surface area contributed by atoms with Gasteiger partial charge in [0, 0.05) is 5.56 Å². The quantitative estimate of drug-likeness (QED) is 0.0965. The minimum absolute atomic E-state index is 0.0133. The molecule has 4 rings (SSSR count). The lowest BCUT2D eigenvalue weighted by molar-refractivity contribution is -0.189. The highest BCUT2D eigenvalue weighted by Crippen LogP contribution is 2.69. The Morgan fingerprint density at radius 2 is 1.57 bits per heavy atom. The van der Waals surface area contributed by atoms with E-state index < -0.39 is 39.2 Å². The predicted octanol–water partition coefficient (Wildman–Crippen LogP) is 8.59. The zero-order chi connectivity index (χ0) is 33.0. The molecule has 0 radical (unpaired) electrons. The van der Waals surface area contributed by atoms with Gasteiger partial charge < -0.3 is 14.9 Å². The Hall–Kier alpha value is -3.41. The zero-order valence-electron chi connectivity index (χ0n) is 28.0. The van der Waals surface area contributed by atoms with E-state index in [2.05, 4.69) is 26.5 Å². The molecule has 238 valence electrons. The molecule has 6 nitrogen and oxygen atoms in total. The number of phenolic OH excluding ortho intramolecular Hbond substituents is 2. The Labute approximate surface area is 263 Å². The summed E-state index contributed by atoms with van der Waals surface area (Å²) < 4.78 is 6.81. The number of Topliss-reactive ketones (excluding diaryl/α,β-unsaturated/α-hetero) is 3. The van der Waals surface area contributed by atoms with Crippen LogP contribution in [0.15, 0.2) is 65.0 Å². The fraction of sp³-hybridized carbons (Fsp3) is 0.553. The van der Waals surface area contributed by atoms with Gasteiger partial charge in [-0.3, -0.25) is 14.4 Å². The van der Waals surface area contributed by atoms with Crippen molar-refractivity contribution >= 4 is 17.3 Å². The molecule has 1 spiro atoms. The number of phenols is 2. The van der Waals surface area contributed by atoms with Crippen LogP contribution in [0.25, 0.3) is 0 Å². The van der Waals surface area contributed by atoms with Crippen LogP contribution in [0.3, 0.4) is 0 Å². The number of rotatable bonds is 9. The summed E-state index contributed by atoms with van der Waals surface area (Å²) >= 11 is 0. The van der Waals surface area contributed by atoms with Gasteiger partial charge in [-0.2, -0.15) is 0 Å². The summed E-state index contributed by atoms with van der Waals surface area (Å²) in [5, 5.41) is 20.2. The van der Waals surface area contributed by atoms with Crippen molar-refractivity contribution in [2.75, 3.05) is 0 Å². The molecule has 1 aromatic rings. The van der Waals surface area contributed by atoms with Crippen LogP contribution in [-0.2, 0) is 14.3 Å². The highest BCUT2D eigenvalue weighted by molar-refractivity contribution is 6.35. The second-order valence-corrected chi connectivity index (χ2v) is 15.1. The number of allylic oxidation sites excluding steroid dienone is 7. The second kappa shape index (κ2) is 11.5. The van der Waals surface area contributed by atoms with E-state index in [4.69, 9.17) is 4.74 Å². The third-order valence-electron chi connectivity index (χ3n) is 10.8. The van der Waals surface area contributed by atoms with Gasteiger partial charge in [0.2, 0.25) is 0 Å². The van der Waals surface area contributed by atoms with Crippen LogP contribution in [0.1, 0.15) is 111 Å². The van der Waals surface area contributed by atoms with Crippen molar-refractivity contribution in [3.05, 3.63) is 70.5 Å². The van der Waals surface area contributed by atoms with Crippen LogP contribution >= 0.6 is 0 Å². The Morgan fingerprint density at radius 3 is 2.14 bits per heavy atom. The maximum absolute atomic E-state index is 15.3. The molecule has 0 aromatic heterocycles. The Morgan fingerprint density at radius 1 is 0.955 bits per heavy atom. The van der Waals surface area contributed by atoms with Gasteiger partial charge in [0.1, 0.15) is 22.3 Å². The summed E-state index contributed by atoms with van der Waals surface area (Å²) in [6, 6.07) is 3.80. The molecular weight excluding hydrogens is 552 g/mol. The van der Waals surface area contributed by atoms with Crippen molar-refractivity contribution in [3.63, 3.8) is 0 Å². The number of ketones is 3. The van der Waals surface area contributed by atoms with Crippen LogP contribution in [0.2, 0.25) is 0 Å². The van der Waals surface area contributed by atoms with Gasteiger partial charge in [0.25, 0.3) is 0 Å². The molecular formula is C38H50O6. The van der Waals surface area contributed by atoms with Crippen LogP contribution in [0.5, 0.6) is 11.5 Å². The monoisotopic (exact) mass is 602 g/mol. The molecule has 1 saturated carbocycles. The fourth-order valence-electron chi connectivity index (χ4n) is 7.84. The number of benzene rings is 1. The van der Waals surface area contributed by atoms with E-state index >= 15 is 9.59 Å². The molecule has 2 aliphatic carbocycles. The predicted molar refractivity (Wildman–Crippen MR) is 173 cm³/mol. The lowest BCUT2D eigenvalue weighted by Gasteiger charge is -2.64. The van der Waals surface area contributed by atoms with Crippen molar-refractivity contribution in [2.24, 2.45) is 28.1 Å². The first kappa shape index (κ1) is 33.5. The smallest absolute Gasteiger partial charge is 0.200 e. The molecule has 2 bridgehead atoms. The van der Waals surface area contributed by atoms with Crippen molar-refractivity contribution in [1.29, 1.82) is 0 Å². The number of fused-ring (bicyclic) bond motifs is 1. The Bertz CT molecular complexity index is 1490. The average Bonchev–Trinajstić information content (AvgIpc) is 2.91. The van der Waals surface area contributed by atoms with E-state index in [0.29, 0.717) is 19.3 Å². The summed E-state index contributed by atoms with van der Waals surface area (Å²) in [5.74, 6) is -1.92. The maximum atomic E-state index is 15.3. The topological polar surface area (TPSA) is 101 Å². The SMILES string of the molecule is C=C(C)CC[C@H]1C[C@]23C[C@H](CC=C(C)C)C(C)(C)[C@@](CC=C(C)C)(C(=O)C(C(=O)c4ccc(O)c(O)c4)=C2OC1(C)C)C3=O. The van der Waals surface area contributed by atoms with Gasteiger partial charge in [-0.15, -0.1) is 6.58 Å². The van der Waals surface area contributed by atoms with E-state index in [0.717, 1.165) is 24.0 Å². The van der Waals surface area contributed by atoms with Crippen molar-refractivity contribution < 1.29 is 29.3 Å². The van der Waals surface area contributed by atoms with Gasteiger partial charge >= 0.3 is 0 Å². The zero-order valence-corrected chi connectivity index (χ0v) is 28.0. The van der Waals surface area contributed by atoms with Crippen LogP contribution < -0.4 is 0 Å². The lowest BCUT2D eigenvalue weighted by Crippen LogP contribution is -2.69. The van der Waals surface area contributed by atoms with Crippen molar-refractivity contribution in [3.8, 4) is 11.5 Å². The van der Waals surface area contributed by atoms with Gasteiger partial charge in [0.05, 0.1) is 5.41 Å². The summed E-state index contributed by atoms with van der Waals surface area (Å²) in [5.41, 5.74) is -1.00. The minimum Gasteiger partial charge on any atom is -0.504 e. The minimum atomic E-state index is -1.49. The van der Waals surface area contributed by atoms with Gasteiger partial charge in [-0.1, -0.05) is 42.7 Å². The first-order valence-electron chi connectivity index (χ1n) is 15.8. The van der Waals surface area contributed by atoms with Gasteiger partial charge in [-0.25, -0.2) is 0 Å². The van der Waals surface area contributed by atoms with Crippen LogP contribution in [0.4, 0.5) is 0 Å². The normalized spacial score (nSPS) is 28.5. The number of carbonyl (C=O) groups is 3. The summed E-state index contributed by atoms with van der Waals surface area (Å²) in [4.78, 5) is 44.9. The van der Waals surface area contributed by atoms with E-state index in [1.807, 2.05) is 54.5 Å². The van der Waals surface area contributed by atoms with Gasteiger partial charge in [0.15, 0.2) is 28.8 Å². The Balaban J connectivity index is 2.08. The molecule has 2 fully saturated rings. The molecule has 4 atom stereocenters. The molecule has 0 amide bonds. The van der Waals surface area contributed by atoms with E-state index in [1.165, 1.54) is 23.8 Å². The molecule has 44 heavy (non-hydrogen) atoms. The van der Waals surface area contributed by atoms with E-state index in [9.17, 15) is 15.0 Å². The number of hydrogen-bond acceptors (Lipinski definition) is 6. The van der Waals surface area contributed by atoms with E-state index in [1.54, 1.807) is 0 Å². The molecule has 3 aliphatic rings. The highest BCUT2D eigenvalue weighted by atomic mass is 16.5. The molecule has 2 N–H and O–H groups in total. The molecule has 1 heterocycles. The summed E-state index contributed by atoms with van der Waals surface area (Å²) in [7, 11) is 0. The maximum Gasteiger partial charge on any atom is 0.200 e. The number of hydrogen-bond donors (Lipinski definition) is 2. The van der Waals surface area contributed by atoms with E-state index in [-0.39, 0.29) is 46.7 Å². The van der Waals surface area contributed by atoms with Crippen LogP contribution in [0, 0.1) is 28.1 Å². The first-order valence-corrected chi connectivity index (χ1v) is 15.8. The highest BCUT2D eigenvalue weighted by Gasteiger charge is 2.74. The fourth-order valence-corrected chi connectivity index (χ4v) is 7.84. The van der Waals surface area contributed by atoms with Crippen molar-refractivity contribution in [2.45, 2.75) is 106 Å². The third kappa shape index (κ3) is 5.28. The van der Waals surface area contributed by atoms with Gasteiger partial charge in [-0.05, 0) is 122 Å². The number of aromatic hydroxyl groups is 2. The molecule has 0 unspecified atom stereocenters. The number of ether oxygens (including phenoxy) is 1. The largest absolute Gasteiger partial charge is 0.504 e. The third-order valence-corrected chi connectivity index (χ3v) is 10.8. The summed E-state index contributed by atoms with van der Waals surface area (Å²) in [6.45, 7) is 22.1. The molecule has 6 heteroatoms. The molecule has 1 saturated heterocycles.